The van der Waals surface area contributed by atoms with E-state index >= 15 is 0 Å². The van der Waals surface area contributed by atoms with Crippen LogP contribution >= 0.6 is 0 Å². The maximum absolute atomic E-state index is 13.4. The summed E-state index contributed by atoms with van der Waals surface area (Å²) in [5.41, 5.74) is 2.72. The highest BCUT2D eigenvalue weighted by molar-refractivity contribution is 5.94. The molecule has 0 N–H and O–H groups in total. The largest absolute Gasteiger partial charge is 0.368 e. The van der Waals surface area contributed by atoms with Crippen LogP contribution in [0.1, 0.15) is 41.2 Å². The summed E-state index contributed by atoms with van der Waals surface area (Å²) in [5.74, 6) is 0.332. The Kier molecular flexibility index (Phi) is 4.19. The average Bonchev–Trinajstić information content (AvgIpc) is 2.94. The quantitative estimate of drug-likeness (QED) is 0.861. The fourth-order valence-corrected chi connectivity index (χ4v) is 3.72. The molecule has 0 atom stereocenters. The average molecular weight is 342 g/mol. The van der Waals surface area contributed by atoms with Crippen LogP contribution in [0.4, 0.5) is 10.1 Å². The predicted octanol–water partition coefficient (Wildman–Crippen LogP) is 2.79. The van der Waals surface area contributed by atoms with Crippen LogP contribution in [0, 0.1) is 5.82 Å². The second kappa shape index (κ2) is 6.50. The number of carbonyl (C=O) groups excluding carboxylic acids is 1. The molecule has 6 heteroatoms. The number of amides is 1. The zero-order valence-electron chi connectivity index (χ0n) is 14.5. The number of carbonyl (C=O) groups is 1. The number of anilines is 1. The molecule has 1 aromatic heterocycles. The molecule has 5 nitrogen and oxygen atoms in total. The normalized spacial score (nSPS) is 18.3. The molecule has 0 spiro atoms. The highest BCUT2D eigenvalue weighted by Crippen LogP contribution is 2.38. The molecule has 1 saturated carbocycles. The van der Waals surface area contributed by atoms with Gasteiger partial charge >= 0.3 is 0 Å². The summed E-state index contributed by atoms with van der Waals surface area (Å²) in [4.78, 5) is 17.1. The molecule has 1 aliphatic carbocycles. The van der Waals surface area contributed by atoms with E-state index in [1.54, 1.807) is 16.8 Å². The second-order valence-electron chi connectivity index (χ2n) is 6.96. The number of benzene rings is 1. The van der Waals surface area contributed by atoms with Gasteiger partial charge in [-0.25, -0.2) is 4.39 Å². The highest BCUT2D eigenvalue weighted by atomic mass is 19.1. The predicted molar refractivity (Wildman–Crippen MR) is 94.3 cm³/mol. The van der Waals surface area contributed by atoms with Crippen molar-refractivity contribution < 1.29 is 9.18 Å². The van der Waals surface area contributed by atoms with Crippen LogP contribution in [0.5, 0.6) is 0 Å². The Morgan fingerprint density at radius 3 is 2.60 bits per heavy atom. The number of piperazine rings is 1. The molecule has 1 amide bonds. The molecule has 4 rings (SSSR count). The van der Waals surface area contributed by atoms with E-state index in [1.807, 2.05) is 24.2 Å². The van der Waals surface area contributed by atoms with Crippen LogP contribution in [0.3, 0.4) is 0 Å². The monoisotopic (exact) mass is 342 g/mol. The first-order valence-electron chi connectivity index (χ1n) is 8.95. The van der Waals surface area contributed by atoms with Crippen LogP contribution < -0.4 is 4.90 Å². The first-order valence-corrected chi connectivity index (χ1v) is 8.95. The first kappa shape index (κ1) is 16.1. The Morgan fingerprint density at radius 2 is 1.96 bits per heavy atom. The fourth-order valence-electron chi connectivity index (χ4n) is 3.72. The Bertz CT molecular complexity index is 775. The van der Waals surface area contributed by atoms with Gasteiger partial charge in [0.1, 0.15) is 11.5 Å². The van der Waals surface area contributed by atoms with Crippen LogP contribution in [-0.2, 0) is 7.05 Å². The summed E-state index contributed by atoms with van der Waals surface area (Å²) in [6.07, 6.45) is 5.40. The van der Waals surface area contributed by atoms with E-state index in [0.717, 1.165) is 29.8 Å². The molecule has 1 aliphatic heterocycles. The van der Waals surface area contributed by atoms with Crippen LogP contribution in [0.15, 0.2) is 30.5 Å². The van der Waals surface area contributed by atoms with Gasteiger partial charge in [-0.2, -0.15) is 5.10 Å². The number of hydrogen-bond donors (Lipinski definition) is 0. The van der Waals surface area contributed by atoms with E-state index < -0.39 is 0 Å². The molecule has 0 unspecified atom stereocenters. The smallest absolute Gasteiger partial charge is 0.272 e. The Balaban J connectivity index is 1.46. The van der Waals surface area contributed by atoms with E-state index in [4.69, 9.17) is 0 Å². The van der Waals surface area contributed by atoms with Gasteiger partial charge in [0.2, 0.25) is 0 Å². The molecular formula is C19H23FN4O. The summed E-state index contributed by atoms with van der Waals surface area (Å²) < 4.78 is 15.1. The molecule has 2 aromatic rings. The van der Waals surface area contributed by atoms with Gasteiger partial charge in [-0.3, -0.25) is 9.48 Å². The van der Waals surface area contributed by atoms with Crippen molar-refractivity contribution in [3.05, 3.63) is 47.5 Å². The van der Waals surface area contributed by atoms with E-state index in [0.29, 0.717) is 32.1 Å². The van der Waals surface area contributed by atoms with E-state index in [-0.39, 0.29) is 11.7 Å². The van der Waals surface area contributed by atoms with E-state index in [2.05, 4.69) is 10.00 Å². The lowest BCUT2D eigenvalue weighted by Crippen LogP contribution is -2.49. The lowest BCUT2D eigenvalue weighted by molar-refractivity contribution is 0.0733. The molecule has 0 radical (unpaired) electrons. The van der Waals surface area contributed by atoms with Crippen molar-refractivity contribution in [2.45, 2.75) is 25.2 Å². The number of aromatic nitrogens is 2. The summed E-state index contributed by atoms with van der Waals surface area (Å²) in [7, 11) is 1.85. The number of nitrogens with zero attached hydrogens (tertiary/aromatic N) is 4. The first-order chi connectivity index (χ1) is 12.1. The standard InChI is InChI=1S/C19H23FN4O/c1-22-18(17(13-21-22)14-4-2-5-14)19(25)24-10-8-23(9-11-24)16-7-3-6-15(20)12-16/h3,6-7,12-14H,2,4-5,8-11H2,1H3. The minimum absolute atomic E-state index is 0.0702. The van der Waals surface area contributed by atoms with Gasteiger partial charge in [0.05, 0.1) is 6.20 Å². The molecule has 25 heavy (non-hydrogen) atoms. The highest BCUT2D eigenvalue weighted by Gasteiger charge is 2.31. The third-order valence-electron chi connectivity index (χ3n) is 5.45. The van der Waals surface area contributed by atoms with Crippen molar-refractivity contribution >= 4 is 11.6 Å². The van der Waals surface area contributed by atoms with Gasteiger partial charge in [0.15, 0.2) is 0 Å². The SMILES string of the molecule is Cn1ncc(C2CCC2)c1C(=O)N1CCN(c2cccc(F)c2)CC1. The molecule has 2 heterocycles. The molecule has 132 valence electrons. The summed E-state index contributed by atoms with van der Waals surface area (Å²) in [6, 6.07) is 6.64. The maximum Gasteiger partial charge on any atom is 0.272 e. The molecule has 0 bridgehead atoms. The summed E-state index contributed by atoms with van der Waals surface area (Å²) >= 11 is 0. The van der Waals surface area contributed by atoms with Gasteiger partial charge in [-0.1, -0.05) is 12.5 Å². The topological polar surface area (TPSA) is 41.4 Å². The minimum atomic E-state index is -0.226. The Labute approximate surface area is 147 Å². The molecular weight excluding hydrogens is 319 g/mol. The molecule has 1 aromatic carbocycles. The van der Waals surface area contributed by atoms with Gasteiger partial charge in [0, 0.05) is 44.5 Å². The second-order valence-corrected chi connectivity index (χ2v) is 6.96. The molecule has 2 aliphatic rings. The van der Waals surface area contributed by atoms with Crippen molar-refractivity contribution in [1.82, 2.24) is 14.7 Å². The van der Waals surface area contributed by atoms with Gasteiger partial charge in [-0.05, 0) is 37.0 Å². The number of rotatable bonds is 3. The Hall–Kier alpha value is -2.37. The van der Waals surface area contributed by atoms with Crippen molar-refractivity contribution in [1.29, 1.82) is 0 Å². The molecule has 2 fully saturated rings. The third-order valence-corrected chi connectivity index (χ3v) is 5.45. The van der Waals surface area contributed by atoms with Gasteiger partial charge in [0.25, 0.3) is 5.91 Å². The van der Waals surface area contributed by atoms with E-state index in [1.165, 1.54) is 12.5 Å². The van der Waals surface area contributed by atoms with Crippen molar-refractivity contribution in [2.24, 2.45) is 7.05 Å². The van der Waals surface area contributed by atoms with Gasteiger partial charge in [-0.15, -0.1) is 0 Å². The van der Waals surface area contributed by atoms with Gasteiger partial charge < -0.3 is 9.80 Å². The van der Waals surface area contributed by atoms with Crippen LogP contribution in [-0.4, -0.2) is 46.8 Å². The lowest BCUT2D eigenvalue weighted by Gasteiger charge is -2.36. The van der Waals surface area contributed by atoms with E-state index in [9.17, 15) is 9.18 Å². The summed E-state index contributed by atoms with van der Waals surface area (Å²) in [5, 5.41) is 4.32. The third kappa shape index (κ3) is 3.01. The lowest BCUT2D eigenvalue weighted by atomic mass is 9.80. The number of aryl methyl sites for hydroxylation is 1. The van der Waals surface area contributed by atoms with Crippen molar-refractivity contribution in [2.75, 3.05) is 31.1 Å². The molecule has 1 saturated heterocycles. The zero-order chi connectivity index (χ0) is 17.4. The zero-order valence-corrected chi connectivity index (χ0v) is 14.5. The summed E-state index contributed by atoms with van der Waals surface area (Å²) in [6.45, 7) is 2.72. The van der Waals surface area contributed by atoms with Crippen molar-refractivity contribution in [3.63, 3.8) is 0 Å². The number of halogens is 1. The Morgan fingerprint density at radius 1 is 1.20 bits per heavy atom. The number of hydrogen-bond acceptors (Lipinski definition) is 3. The van der Waals surface area contributed by atoms with Crippen LogP contribution in [0.25, 0.3) is 0 Å². The van der Waals surface area contributed by atoms with Crippen molar-refractivity contribution in [3.8, 4) is 0 Å². The fraction of sp³-hybridized carbons (Fsp3) is 0.474. The maximum atomic E-state index is 13.4. The minimum Gasteiger partial charge on any atom is -0.368 e. The van der Waals surface area contributed by atoms with Crippen LogP contribution in [0.2, 0.25) is 0 Å².